The molecule has 0 saturated carbocycles. The van der Waals surface area contributed by atoms with Gasteiger partial charge in [-0.05, 0) is 26.2 Å². The first-order chi connectivity index (χ1) is 5.23. The smallest absolute Gasteiger partial charge is 0.270 e. The van der Waals surface area contributed by atoms with Gasteiger partial charge in [-0.25, -0.2) is 0 Å². The molecule has 1 atom stereocenters. The molecule has 0 spiro atoms. The fourth-order valence-electron chi connectivity index (χ4n) is 1.03. The molecule has 0 bridgehead atoms. The Labute approximate surface area is 103 Å². The zero-order valence-corrected chi connectivity index (χ0v) is 12.0. The van der Waals surface area contributed by atoms with Crippen LogP contribution in [-0.2, 0) is 10.1 Å². The maximum absolute atomic E-state index is 10.9. The third kappa shape index (κ3) is 4.30. The standard InChI is InChI=1S/C8H18O3S.Na/c1-5-6-7(2)8(3,4)12(9,10)11;/h7H,5-6H2,1-4H3,(H,9,10,11);. The minimum atomic E-state index is -3.92. The van der Waals surface area contributed by atoms with Crippen molar-refractivity contribution < 1.29 is 13.0 Å². The van der Waals surface area contributed by atoms with Gasteiger partial charge in [0.05, 0.1) is 4.75 Å². The fraction of sp³-hybridized carbons (Fsp3) is 1.00. The van der Waals surface area contributed by atoms with Gasteiger partial charge in [-0.15, -0.1) is 0 Å². The van der Waals surface area contributed by atoms with E-state index in [9.17, 15) is 8.42 Å². The Balaban J connectivity index is 0. The second-order valence-corrected chi connectivity index (χ2v) is 5.77. The summed E-state index contributed by atoms with van der Waals surface area (Å²) >= 11 is 0. The van der Waals surface area contributed by atoms with Gasteiger partial charge in [0.15, 0.2) is 0 Å². The maximum Gasteiger partial charge on any atom is 0.270 e. The molecular formula is C8H18NaO3S. The van der Waals surface area contributed by atoms with Crippen molar-refractivity contribution in [3.05, 3.63) is 0 Å². The van der Waals surface area contributed by atoms with E-state index in [4.69, 9.17) is 4.55 Å². The molecule has 0 aliphatic heterocycles. The van der Waals surface area contributed by atoms with Crippen LogP contribution in [-0.4, -0.2) is 47.3 Å². The van der Waals surface area contributed by atoms with Crippen molar-refractivity contribution in [3.63, 3.8) is 0 Å². The molecule has 1 unspecified atom stereocenters. The van der Waals surface area contributed by atoms with Gasteiger partial charge < -0.3 is 0 Å². The molecule has 0 aromatic carbocycles. The molecule has 5 heteroatoms. The van der Waals surface area contributed by atoms with Crippen LogP contribution in [0.5, 0.6) is 0 Å². The first-order valence-corrected chi connectivity index (χ1v) is 5.64. The van der Waals surface area contributed by atoms with E-state index >= 15 is 0 Å². The topological polar surface area (TPSA) is 54.4 Å². The SMILES string of the molecule is CCCC(C)C(C)(C)S(=O)(=O)O.[Na]. The summed E-state index contributed by atoms with van der Waals surface area (Å²) < 4.78 is 29.7. The van der Waals surface area contributed by atoms with E-state index in [2.05, 4.69) is 0 Å². The predicted octanol–water partition coefficient (Wildman–Crippen LogP) is 1.71. The van der Waals surface area contributed by atoms with Gasteiger partial charge in [0.25, 0.3) is 10.1 Å². The van der Waals surface area contributed by atoms with Gasteiger partial charge in [-0.1, -0.05) is 20.3 Å². The first-order valence-electron chi connectivity index (χ1n) is 4.20. The van der Waals surface area contributed by atoms with Gasteiger partial charge in [-0.3, -0.25) is 4.55 Å². The van der Waals surface area contributed by atoms with Gasteiger partial charge in [0.1, 0.15) is 0 Å². The van der Waals surface area contributed by atoms with Gasteiger partial charge in [-0.2, -0.15) is 8.42 Å². The van der Waals surface area contributed by atoms with Crippen LogP contribution in [0.3, 0.4) is 0 Å². The third-order valence-electron chi connectivity index (χ3n) is 2.57. The van der Waals surface area contributed by atoms with E-state index in [0.717, 1.165) is 12.8 Å². The van der Waals surface area contributed by atoms with E-state index in [1.165, 1.54) is 0 Å². The average Bonchev–Trinajstić information content (AvgIpc) is 1.85. The minimum absolute atomic E-state index is 0. The fourth-order valence-corrected chi connectivity index (χ4v) is 1.66. The Hall–Kier alpha value is 0.910. The molecule has 0 saturated heterocycles. The van der Waals surface area contributed by atoms with Gasteiger partial charge in [0, 0.05) is 29.6 Å². The Kier molecular flexibility index (Phi) is 7.18. The molecule has 0 aliphatic carbocycles. The van der Waals surface area contributed by atoms with Crippen LogP contribution in [0.2, 0.25) is 0 Å². The Bertz CT molecular complexity index is 234. The summed E-state index contributed by atoms with van der Waals surface area (Å²) in [5.41, 5.74) is 0. The Morgan fingerprint density at radius 2 is 1.77 bits per heavy atom. The molecule has 1 radical (unpaired) electrons. The molecule has 0 aromatic rings. The minimum Gasteiger partial charge on any atom is -0.285 e. The van der Waals surface area contributed by atoms with E-state index in [1.807, 2.05) is 13.8 Å². The molecule has 0 aromatic heterocycles. The molecular weight excluding hydrogens is 199 g/mol. The van der Waals surface area contributed by atoms with Crippen molar-refractivity contribution in [3.8, 4) is 0 Å². The van der Waals surface area contributed by atoms with Crippen molar-refractivity contribution in [2.75, 3.05) is 0 Å². The molecule has 0 rings (SSSR count). The average molecular weight is 217 g/mol. The number of hydrogen-bond acceptors (Lipinski definition) is 2. The van der Waals surface area contributed by atoms with Crippen molar-refractivity contribution in [1.29, 1.82) is 0 Å². The predicted molar refractivity (Wildman–Crippen MR) is 55.5 cm³/mol. The second-order valence-electron chi connectivity index (χ2n) is 3.77. The summed E-state index contributed by atoms with van der Waals surface area (Å²) in [6.07, 6.45) is 1.74. The quantitative estimate of drug-likeness (QED) is 0.576. The molecule has 0 heterocycles. The van der Waals surface area contributed by atoms with Crippen LogP contribution < -0.4 is 0 Å². The Morgan fingerprint density at radius 1 is 1.38 bits per heavy atom. The largest absolute Gasteiger partial charge is 0.285 e. The normalized spacial score (nSPS) is 14.8. The first kappa shape index (κ1) is 16.3. The van der Waals surface area contributed by atoms with Gasteiger partial charge in [0.2, 0.25) is 0 Å². The molecule has 1 N–H and O–H groups in total. The van der Waals surface area contributed by atoms with Crippen molar-refractivity contribution in [1.82, 2.24) is 0 Å². The summed E-state index contributed by atoms with van der Waals surface area (Å²) in [5, 5.41) is 0. The van der Waals surface area contributed by atoms with Crippen LogP contribution in [0.15, 0.2) is 0 Å². The summed E-state index contributed by atoms with van der Waals surface area (Å²) in [4.78, 5) is 0. The molecule has 0 amide bonds. The summed E-state index contributed by atoms with van der Waals surface area (Å²) in [7, 11) is -3.92. The van der Waals surface area contributed by atoms with Crippen LogP contribution in [0.25, 0.3) is 0 Å². The molecule has 0 fully saturated rings. The van der Waals surface area contributed by atoms with Gasteiger partial charge >= 0.3 is 0 Å². The zero-order valence-electron chi connectivity index (χ0n) is 9.16. The second kappa shape index (κ2) is 5.71. The van der Waals surface area contributed by atoms with E-state index in [0.29, 0.717) is 0 Å². The molecule has 0 aliphatic rings. The zero-order chi connectivity index (χ0) is 9.99. The van der Waals surface area contributed by atoms with Crippen LogP contribution in [0.4, 0.5) is 0 Å². The molecule has 3 nitrogen and oxygen atoms in total. The summed E-state index contributed by atoms with van der Waals surface area (Å²) in [6.45, 7) is 6.96. The van der Waals surface area contributed by atoms with Crippen LogP contribution in [0.1, 0.15) is 40.5 Å². The Morgan fingerprint density at radius 3 is 2.00 bits per heavy atom. The van der Waals surface area contributed by atoms with Crippen molar-refractivity contribution in [2.24, 2.45) is 5.92 Å². The van der Waals surface area contributed by atoms with E-state index < -0.39 is 14.9 Å². The summed E-state index contributed by atoms with van der Waals surface area (Å²) in [6, 6.07) is 0. The number of rotatable bonds is 4. The molecule has 13 heavy (non-hydrogen) atoms. The number of hydrogen-bond donors (Lipinski definition) is 1. The van der Waals surface area contributed by atoms with Crippen molar-refractivity contribution >= 4 is 39.7 Å². The van der Waals surface area contributed by atoms with E-state index in [-0.39, 0.29) is 35.5 Å². The monoisotopic (exact) mass is 217 g/mol. The van der Waals surface area contributed by atoms with Crippen LogP contribution in [0, 0.1) is 5.92 Å². The van der Waals surface area contributed by atoms with Crippen LogP contribution >= 0.6 is 0 Å². The van der Waals surface area contributed by atoms with E-state index in [1.54, 1.807) is 13.8 Å². The van der Waals surface area contributed by atoms with Crippen molar-refractivity contribution in [2.45, 2.75) is 45.3 Å². The third-order valence-corrected chi connectivity index (χ3v) is 4.31. The summed E-state index contributed by atoms with van der Waals surface area (Å²) in [5.74, 6) is -0.0162. The maximum atomic E-state index is 10.9. The molecule has 75 valence electrons.